The molecule has 1 aliphatic rings. The van der Waals surface area contributed by atoms with E-state index < -0.39 is 18.5 Å². The van der Waals surface area contributed by atoms with Gasteiger partial charge in [0.05, 0.1) is 7.11 Å². The van der Waals surface area contributed by atoms with Gasteiger partial charge < -0.3 is 19.7 Å². The molecule has 0 atom stereocenters. The topological polar surface area (TPSA) is 105 Å². The van der Waals surface area contributed by atoms with Crippen LogP contribution in [0.2, 0.25) is 0 Å². The lowest BCUT2D eigenvalue weighted by atomic mass is 10.2. The van der Waals surface area contributed by atoms with Gasteiger partial charge >= 0.3 is 12.0 Å². The number of carbonyl (C=O) groups excluding carboxylic acids is 4. The maximum Gasteiger partial charge on any atom is 0.326 e. The number of para-hydroxylation sites is 1. The van der Waals surface area contributed by atoms with Crippen LogP contribution in [0.25, 0.3) is 0 Å². The molecule has 0 bridgehead atoms. The van der Waals surface area contributed by atoms with Gasteiger partial charge in [-0.05, 0) is 12.5 Å². The molecule has 9 nitrogen and oxygen atoms in total. The van der Waals surface area contributed by atoms with Crippen LogP contribution in [-0.2, 0) is 25.7 Å². The fourth-order valence-electron chi connectivity index (χ4n) is 2.58. The van der Waals surface area contributed by atoms with E-state index in [1.54, 1.807) is 13.2 Å². The van der Waals surface area contributed by atoms with Crippen molar-refractivity contribution in [2.75, 3.05) is 33.9 Å². The van der Waals surface area contributed by atoms with Crippen LogP contribution in [0.1, 0.15) is 18.4 Å². The summed E-state index contributed by atoms with van der Waals surface area (Å²) in [7, 11) is 3.09. The van der Waals surface area contributed by atoms with Gasteiger partial charge in [0.2, 0.25) is 5.91 Å². The third kappa shape index (κ3) is 5.70. The smallest absolute Gasteiger partial charge is 0.326 e. The number of rotatable bonds is 9. The number of methoxy groups -OCH3 is 1. The lowest BCUT2D eigenvalue weighted by Gasteiger charge is -2.13. The summed E-state index contributed by atoms with van der Waals surface area (Å²) in [5, 5.41) is 2.65. The van der Waals surface area contributed by atoms with Crippen molar-refractivity contribution in [2.24, 2.45) is 0 Å². The lowest BCUT2D eigenvalue weighted by molar-refractivity contribution is -0.148. The number of amides is 4. The summed E-state index contributed by atoms with van der Waals surface area (Å²) in [5.74, 6) is -0.617. The number of likely N-dealkylation sites (N-methyl/N-ethyl adjacent to an activating group) is 1. The molecule has 0 spiro atoms. The summed E-state index contributed by atoms with van der Waals surface area (Å²) in [6, 6.07) is 6.90. The summed E-state index contributed by atoms with van der Waals surface area (Å²) < 4.78 is 10.1. The predicted octanol–water partition coefficient (Wildman–Crippen LogP) is 0.529. The Hall–Kier alpha value is -3.10. The summed E-state index contributed by atoms with van der Waals surface area (Å²) in [5.41, 5.74) is 0.810. The van der Waals surface area contributed by atoms with Crippen molar-refractivity contribution in [3.8, 4) is 5.75 Å². The first-order valence-electron chi connectivity index (χ1n) is 8.52. The van der Waals surface area contributed by atoms with Crippen molar-refractivity contribution in [1.82, 2.24) is 15.1 Å². The average molecular weight is 377 g/mol. The molecule has 27 heavy (non-hydrogen) atoms. The molecule has 1 fully saturated rings. The Balaban J connectivity index is 1.64. The summed E-state index contributed by atoms with van der Waals surface area (Å²) in [4.78, 5) is 49.2. The minimum atomic E-state index is -0.560. The van der Waals surface area contributed by atoms with Crippen LogP contribution in [0, 0.1) is 0 Å². The summed E-state index contributed by atoms with van der Waals surface area (Å²) in [6.45, 7) is 0.0676. The second-order valence-electron chi connectivity index (χ2n) is 6.04. The average Bonchev–Trinajstić information content (AvgIpc) is 2.90. The quantitative estimate of drug-likeness (QED) is 0.497. The van der Waals surface area contributed by atoms with Gasteiger partial charge in [0, 0.05) is 32.1 Å². The molecular formula is C18H23N3O6. The number of hydrogen-bond donors (Lipinski definition) is 1. The molecule has 1 N–H and O–H groups in total. The van der Waals surface area contributed by atoms with Crippen molar-refractivity contribution >= 4 is 23.8 Å². The van der Waals surface area contributed by atoms with E-state index in [1.165, 1.54) is 11.9 Å². The molecular weight excluding hydrogens is 354 g/mol. The van der Waals surface area contributed by atoms with Crippen LogP contribution in [0.15, 0.2) is 24.3 Å². The van der Waals surface area contributed by atoms with Gasteiger partial charge in [-0.3, -0.25) is 19.3 Å². The second kappa shape index (κ2) is 9.56. The summed E-state index contributed by atoms with van der Waals surface area (Å²) >= 11 is 0. The zero-order valence-corrected chi connectivity index (χ0v) is 15.4. The van der Waals surface area contributed by atoms with E-state index in [9.17, 15) is 19.2 Å². The Kier molecular flexibility index (Phi) is 7.16. The Bertz CT molecular complexity index is 721. The Morgan fingerprint density at radius 1 is 1.22 bits per heavy atom. The largest absolute Gasteiger partial charge is 0.496 e. The zero-order chi connectivity index (χ0) is 19.8. The SMILES string of the molecule is COc1ccccc1CNC(=O)COC(=O)CCCN1C(=O)CN(C)C1=O. The lowest BCUT2D eigenvalue weighted by Crippen LogP contribution is -2.33. The van der Waals surface area contributed by atoms with Crippen LogP contribution in [-0.4, -0.2) is 67.5 Å². The van der Waals surface area contributed by atoms with Gasteiger partial charge in [0.25, 0.3) is 5.91 Å². The molecule has 0 aliphatic carbocycles. The normalized spacial score (nSPS) is 13.7. The number of ether oxygens (including phenoxy) is 2. The first-order chi connectivity index (χ1) is 12.9. The van der Waals surface area contributed by atoms with Gasteiger partial charge in [0.1, 0.15) is 12.3 Å². The standard InChI is InChI=1S/C18H23N3O6/c1-20-11-16(23)21(18(20)25)9-5-8-17(24)27-12-15(22)19-10-13-6-3-4-7-14(13)26-2/h3-4,6-7H,5,8-12H2,1-2H3,(H,19,22). The van der Waals surface area contributed by atoms with E-state index in [0.717, 1.165) is 10.5 Å². The zero-order valence-electron chi connectivity index (χ0n) is 15.4. The Morgan fingerprint density at radius 2 is 1.96 bits per heavy atom. The molecule has 0 aromatic heterocycles. The van der Waals surface area contributed by atoms with Crippen molar-refractivity contribution < 1.29 is 28.7 Å². The molecule has 0 saturated carbocycles. The first-order valence-corrected chi connectivity index (χ1v) is 8.52. The molecule has 1 heterocycles. The van der Waals surface area contributed by atoms with E-state index in [1.807, 2.05) is 18.2 Å². The van der Waals surface area contributed by atoms with Crippen LogP contribution in [0.5, 0.6) is 5.75 Å². The van der Waals surface area contributed by atoms with Crippen LogP contribution in [0.4, 0.5) is 4.79 Å². The maximum atomic E-state index is 11.8. The number of carbonyl (C=O) groups is 4. The van der Waals surface area contributed by atoms with Crippen molar-refractivity contribution in [3.05, 3.63) is 29.8 Å². The van der Waals surface area contributed by atoms with Gasteiger partial charge in [-0.15, -0.1) is 0 Å². The molecule has 4 amide bonds. The van der Waals surface area contributed by atoms with Crippen molar-refractivity contribution in [1.29, 1.82) is 0 Å². The number of esters is 1. The minimum Gasteiger partial charge on any atom is -0.496 e. The molecule has 9 heteroatoms. The van der Waals surface area contributed by atoms with E-state index in [2.05, 4.69) is 5.32 Å². The van der Waals surface area contributed by atoms with Crippen molar-refractivity contribution in [3.63, 3.8) is 0 Å². The van der Waals surface area contributed by atoms with E-state index >= 15 is 0 Å². The van der Waals surface area contributed by atoms with E-state index in [-0.39, 0.29) is 44.4 Å². The first kappa shape index (κ1) is 20.2. The molecule has 1 saturated heterocycles. The highest BCUT2D eigenvalue weighted by Gasteiger charge is 2.32. The number of urea groups is 1. The minimum absolute atomic E-state index is 0.0144. The fraction of sp³-hybridized carbons (Fsp3) is 0.444. The molecule has 146 valence electrons. The third-order valence-electron chi connectivity index (χ3n) is 4.03. The molecule has 0 radical (unpaired) electrons. The van der Waals surface area contributed by atoms with E-state index in [0.29, 0.717) is 5.75 Å². The predicted molar refractivity (Wildman–Crippen MR) is 94.8 cm³/mol. The molecule has 1 aromatic carbocycles. The highest BCUT2D eigenvalue weighted by Crippen LogP contribution is 2.16. The van der Waals surface area contributed by atoms with Crippen LogP contribution in [0.3, 0.4) is 0 Å². The van der Waals surface area contributed by atoms with Gasteiger partial charge in [0.15, 0.2) is 6.61 Å². The van der Waals surface area contributed by atoms with E-state index in [4.69, 9.17) is 9.47 Å². The Morgan fingerprint density at radius 3 is 2.63 bits per heavy atom. The Labute approximate surface area is 157 Å². The number of imide groups is 1. The number of hydrogen-bond acceptors (Lipinski definition) is 6. The molecule has 1 aromatic rings. The van der Waals surface area contributed by atoms with Crippen LogP contribution >= 0.6 is 0 Å². The molecule has 2 rings (SSSR count). The monoisotopic (exact) mass is 377 g/mol. The van der Waals surface area contributed by atoms with Gasteiger partial charge in [-0.1, -0.05) is 18.2 Å². The number of nitrogens with zero attached hydrogens (tertiary/aromatic N) is 2. The number of benzene rings is 1. The third-order valence-corrected chi connectivity index (χ3v) is 4.03. The second-order valence-corrected chi connectivity index (χ2v) is 6.04. The maximum absolute atomic E-state index is 11.8. The van der Waals surface area contributed by atoms with Gasteiger partial charge in [-0.25, -0.2) is 4.79 Å². The molecule has 0 unspecified atom stereocenters. The highest BCUT2D eigenvalue weighted by molar-refractivity contribution is 6.01. The molecule has 1 aliphatic heterocycles. The highest BCUT2D eigenvalue weighted by atomic mass is 16.5. The fourth-order valence-corrected chi connectivity index (χ4v) is 2.58. The van der Waals surface area contributed by atoms with Crippen molar-refractivity contribution in [2.45, 2.75) is 19.4 Å². The summed E-state index contributed by atoms with van der Waals surface area (Å²) in [6.07, 6.45) is 0.299. The van der Waals surface area contributed by atoms with Gasteiger partial charge in [-0.2, -0.15) is 0 Å². The van der Waals surface area contributed by atoms with Crippen LogP contribution < -0.4 is 10.1 Å². The number of nitrogens with one attached hydrogen (secondary N) is 1.